The maximum absolute atomic E-state index is 12.2. The van der Waals surface area contributed by atoms with Crippen LogP contribution in [0, 0.1) is 6.92 Å². The number of benzene rings is 2. The van der Waals surface area contributed by atoms with Gasteiger partial charge in [0.1, 0.15) is 0 Å². The minimum atomic E-state index is -0.470. The fourth-order valence-corrected chi connectivity index (χ4v) is 2.59. The molecule has 0 radical (unpaired) electrons. The smallest absolute Gasteiger partial charge is 0.248 e. The third-order valence-electron chi connectivity index (χ3n) is 3.76. The van der Waals surface area contributed by atoms with Crippen LogP contribution in [0.15, 0.2) is 42.5 Å². The molecule has 1 aliphatic heterocycles. The Morgan fingerprint density at radius 2 is 1.90 bits per heavy atom. The van der Waals surface area contributed by atoms with Crippen LogP contribution >= 0.6 is 0 Å². The lowest BCUT2D eigenvalue weighted by atomic mass is 10.1. The van der Waals surface area contributed by atoms with Crippen molar-refractivity contribution >= 4 is 17.5 Å². The van der Waals surface area contributed by atoms with E-state index in [9.17, 15) is 9.59 Å². The number of nitrogens with zero attached hydrogens (tertiary/aromatic N) is 1. The first-order chi connectivity index (χ1) is 10.0. The second-order valence-corrected chi connectivity index (χ2v) is 5.35. The van der Waals surface area contributed by atoms with E-state index in [4.69, 9.17) is 5.73 Å². The van der Waals surface area contributed by atoms with Gasteiger partial charge in [0, 0.05) is 11.3 Å². The van der Waals surface area contributed by atoms with Gasteiger partial charge in [-0.15, -0.1) is 0 Å². The van der Waals surface area contributed by atoms with E-state index in [1.54, 1.807) is 23.1 Å². The summed E-state index contributed by atoms with van der Waals surface area (Å²) in [6, 6.07) is 13.3. The highest BCUT2D eigenvalue weighted by atomic mass is 16.2. The molecule has 21 heavy (non-hydrogen) atoms. The predicted octanol–water partition coefficient (Wildman–Crippen LogP) is 2.18. The summed E-state index contributed by atoms with van der Waals surface area (Å²) in [6.07, 6.45) is 0.322. The molecule has 4 nitrogen and oxygen atoms in total. The third-order valence-corrected chi connectivity index (χ3v) is 3.76. The zero-order valence-electron chi connectivity index (χ0n) is 11.8. The highest BCUT2D eigenvalue weighted by molar-refractivity contribution is 6.03. The van der Waals surface area contributed by atoms with Crippen molar-refractivity contribution in [3.63, 3.8) is 0 Å². The van der Waals surface area contributed by atoms with Crippen molar-refractivity contribution in [3.8, 4) is 0 Å². The van der Waals surface area contributed by atoms with Crippen LogP contribution in [0.5, 0.6) is 0 Å². The SMILES string of the molecule is Cc1ccc(CN2C(=O)Cc3cc(C(N)=O)ccc32)cc1. The summed E-state index contributed by atoms with van der Waals surface area (Å²) in [6.45, 7) is 2.58. The van der Waals surface area contributed by atoms with E-state index < -0.39 is 5.91 Å². The normalized spacial score (nSPS) is 13.4. The summed E-state index contributed by atoms with van der Waals surface area (Å²) < 4.78 is 0. The number of aryl methyl sites for hydroxylation is 1. The molecular weight excluding hydrogens is 264 g/mol. The zero-order valence-corrected chi connectivity index (χ0v) is 11.8. The number of hydrogen-bond acceptors (Lipinski definition) is 2. The Morgan fingerprint density at radius 3 is 2.57 bits per heavy atom. The van der Waals surface area contributed by atoms with E-state index in [0.29, 0.717) is 18.5 Å². The molecule has 0 aliphatic carbocycles. The lowest BCUT2D eigenvalue weighted by Crippen LogP contribution is -2.25. The van der Waals surface area contributed by atoms with Gasteiger partial charge in [0.25, 0.3) is 0 Å². The van der Waals surface area contributed by atoms with Crippen LogP contribution in [0.25, 0.3) is 0 Å². The number of amides is 2. The maximum Gasteiger partial charge on any atom is 0.248 e. The van der Waals surface area contributed by atoms with Crippen LogP contribution in [0.2, 0.25) is 0 Å². The number of primary amides is 1. The van der Waals surface area contributed by atoms with E-state index in [1.165, 1.54) is 5.56 Å². The third kappa shape index (κ3) is 2.52. The van der Waals surface area contributed by atoms with Crippen LogP contribution < -0.4 is 10.6 Å². The molecule has 0 bridgehead atoms. The molecule has 0 spiro atoms. The van der Waals surface area contributed by atoms with Gasteiger partial charge in [0.2, 0.25) is 11.8 Å². The van der Waals surface area contributed by atoms with Crippen molar-refractivity contribution < 1.29 is 9.59 Å². The molecule has 1 heterocycles. The van der Waals surface area contributed by atoms with Gasteiger partial charge >= 0.3 is 0 Å². The van der Waals surface area contributed by atoms with Gasteiger partial charge in [-0.3, -0.25) is 9.59 Å². The van der Waals surface area contributed by atoms with Gasteiger partial charge in [-0.1, -0.05) is 29.8 Å². The number of hydrogen-bond donors (Lipinski definition) is 1. The van der Waals surface area contributed by atoms with Gasteiger partial charge in [-0.25, -0.2) is 0 Å². The first kappa shape index (κ1) is 13.4. The summed E-state index contributed by atoms with van der Waals surface area (Å²) in [5, 5.41) is 0. The van der Waals surface area contributed by atoms with Gasteiger partial charge in [-0.05, 0) is 36.2 Å². The molecule has 0 saturated carbocycles. The monoisotopic (exact) mass is 280 g/mol. The van der Waals surface area contributed by atoms with Gasteiger partial charge in [0.15, 0.2) is 0 Å². The molecule has 0 unspecified atom stereocenters. The predicted molar refractivity (Wildman–Crippen MR) is 81.0 cm³/mol. The standard InChI is InChI=1S/C17H16N2O2/c1-11-2-4-12(5-3-11)10-19-15-7-6-13(17(18)21)8-14(15)9-16(19)20/h2-8H,9-10H2,1H3,(H2,18,21). The van der Waals surface area contributed by atoms with E-state index in [-0.39, 0.29) is 5.91 Å². The Labute approximate surface area is 123 Å². The van der Waals surface area contributed by atoms with Gasteiger partial charge in [0.05, 0.1) is 13.0 Å². The van der Waals surface area contributed by atoms with E-state index in [2.05, 4.69) is 0 Å². The van der Waals surface area contributed by atoms with Crippen LogP contribution in [-0.4, -0.2) is 11.8 Å². The maximum atomic E-state index is 12.2. The van der Waals surface area contributed by atoms with Crippen LogP contribution in [0.3, 0.4) is 0 Å². The molecule has 3 rings (SSSR count). The van der Waals surface area contributed by atoms with E-state index in [1.807, 2.05) is 31.2 Å². The molecule has 2 aromatic rings. The Balaban J connectivity index is 1.90. The Hall–Kier alpha value is -2.62. The average Bonchev–Trinajstić information content (AvgIpc) is 2.76. The summed E-state index contributed by atoms with van der Waals surface area (Å²) >= 11 is 0. The number of carbonyl (C=O) groups is 2. The Bertz CT molecular complexity index is 720. The number of carbonyl (C=O) groups excluding carboxylic acids is 2. The van der Waals surface area contributed by atoms with E-state index in [0.717, 1.165) is 16.8 Å². The number of nitrogens with two attached hydrogens (primary N) is 1. The minimum absolute atomic E-state index is 0.0483. The fourth-order valence-electron chi connectivity index (χ4n) is 2.59. The lowest BCUT2D eigenvalue weighted by Gasteiger charge is -2.18. The summed E-state index contributed by atoms with van der Waals surface area (Å²) in [4.78, 5) is 25.2. The first-order valence-corrected chi connectivity index (χ1v) is 6.83. The molecule has 0 fully saturated rings. The fraction of sp³-hybridized carbons (Fsp3) is 0.176. The minimum Gasteiger partial charge on any atom is -0.366 e. The summed E-state index contributed by atoms with van der Waals surface area (Å²) in [7, 11) is 0. The zero-order chi connectivity index (χ0) is 15.0. The molecule has 0 saturated heterocycles. The van der Waals surface area contributed by atoms with Crippen molar-refractivity contribution in [2.45, 2.75) is 19.9 Å². The quantitative estimate of drug-likeness (QED) is 0.936. The molecule has 0 atom stereocenters. The van der Waals surface area contributed by atoms with Crippen LogP contribution in [0.4, 0.5) is 5.69 Å². The number of anilines is 1. The molecule has 2 aromatic carbocycles. The summed E-state index contributed by atoms with van der Waals surface area (Å²) in [5.41, 5.74) is 9.73. The van der Waals surface area contributed by atoms with E-state index >= 15 is 0 Å². The average molecular weight is 280 g/mol. The van der Waals surface area contributed by atoms with Crippen LogP contribution in [-0.2, 0) is 17.8 Å². The highest BCUT2D eigenvalue weighted by Gasteiger charge is 2.27. The molecule has 0 aromatic heterocycles. The summed E-state index contributed by atoms with van der Waals surface area (Å²) in [5.74, 6) is -0.422. The molecule has 1 aliphatic rings. The lowest BCUT2D eigenvalue weighted by molar-refractivity contribution is -0.117. The van der Waals surface area contributed by atoms with Crippen molar-refractivity contribution in [1.82, 2.24) is 0 Å². The first-order valence-electron chi connectivity index (χ1n) is 6.83. The van der Waals surface area contributed by atoms with Crippen LogP contribution in [0.1, 0.15) is 27.0 Å². The second-order valence-electron chi connectivity index (χ2n) is 5.35. The molecule has 2 N–H and O–H groups in total. The highest BCUT2D eigenvalue weighted by Crippen LogP contribution is 2.31. The molecule has 106 valence electrons. The Morgan fingerprint density at radius 1 is 1.19 bits per heavy atom. The second kappa shape index (κ2) is 5.05. The van der Waals surface area contributed by atoms with Gasteiger partial charge < -0.3 is 10.6 Å². The molecular formula is C17H16N2O2. The molecule has 4 heteroatoms. The Kier molecular flexibility index (Phi) is 3.22. The van der Waals surface area contributed by atoms with Crippen molar-refractivity contribution in [1.29, 1.82) is 0 Å². The molecule has 2 amide bonds. The largest absolute Gasteiger partial charge is 0.366 e. The number of fused-ring (bicyclic) bond motifs is 1. The number of rotatable bonds is 3. The topological polar surface area (TPSA) is 63.4 Å². The van der Waals surface area contributed by atoms with Crippen molar-refractivity contribution in [2.75, 3.05) is 4.90 Å². The van der Waals surface area contributed by atoms with Crippen molar-refractivity contribution in [2.24, 2.45) is 5.73 Å². The van der Waals surface area contributed by atoms with Gasteiger partial charge in [-0.2, -0.15) is 0 Å². The van der Waals surface area contributed by atoms with Crippen molar-refractivity contribution in [3.05, 3.63) is 64.7 Å².